The molecule has 0 spiro atoms. The quantitative estimate of drug-likeness (QED) is 0.492. The smallest absolute Gasteiger partial charge is 0.118 e. The zero-order valence-corrected chi connectivity index (χ0v) is 17.6. The third-order valence-corrected chi connectivity index (χ3v) is 7.63. The highest BCUT2D eigenvalue weighted by Gasteiger charge is 2.56. The van der Waals surface area contributed by atoms with Crippen molar-refractivity contribution in [2.45, 2.75) is 78.8 Å². The van der Waals surface area contributed by atoms with E-state index >= 15 is 0 Å². The van der Waals surface area contributed by atoms with Crippen LogP contribution < -0.4 is 4.74 Å². The minimum atomic E-state index is 0.573. The molecule has 2 bridgehead atoms. The lowest BCUT2D eigenvalue weighted by Gasteiger charge is -2.63. The Bertz CT molecular complexity index is 564. The van der Waals surface area contributed by atoms with Gasteiger partial charge in [-0.05, 0) is 66.7 Å². The van der Waals surface area contributed by atoms with Gasteiger partial charge in [0.2, 0.25) is 0 Å². The van der Waals surface area contributed by atoms with Crippen LogP contribution in [0.25, 0.3) is 0 Å². The minimum Gasteiger partial charge on any atom is -0.497 e. The van der Waals surface area contributed by atoms with Crippen LogP contribution in [0.4, 0.5) is 0 Å². The summed E-state index contributed by atoms with van der Waals surface area (Å²) >= 11 is 0. The van der Waals surface area contributed by atoms with Crippen molar-refractivity contribution in [2.75, 3.05) is 13.7 Å². The molecule has 0 radical (unpaired) electrons. The van der Waals surface area contributed by atoms with Gasteiger partial charge in [0, 0.05) is 12.6 Å². The molecule has 0 N–H and O–H groups in total. The fraction of sp³-hybridized carbons (Fsp3) is 0.750. The Balaban J connectivity index is 1.68. The fourth-order valence-corrected chi connectivity index (χ4v) is 5.67. The van der Waals surface area contributed by atoms with Gasteiger partial charge in [-0.3, -0.25) is 4.90 Å². The van der Waals surface area contributed by atoms with E-state index < -0.39 is 0 Å². The monoisotopic (exact) mass is 357 g/mol. The molecule has 0 aliphatic heterocycles. The molecular weight excluding hydrogens is 318 g/mol. The third-order valence-electron chi connectivity index (χ3n) is 7.63. The molecule has 3 saturated carbocycles. The van der Waals surface area contributed by atoms with Gasteiger partial charge in [-0.25, -0.2) is 0 Å². The van der Waals surface area contributed by atoms with E-state index in [1.165, 1.54) is 50.6 Å². The summed E-state index contributed by atoms with van der Waals surface area (Å²) < 4.78 is 5.33. The van der Waals surface area contributed by atoms with Crippen molar-refractivity contribution in [1.82, 2.24) is 4.90 Å². The first kappa shape index (κ1) is 19.7. The number of hydrogen-bond donors (Lipinski definition) is 0. The molecule has 3 aliphatic rings. The van der Waals surface area contributed by atoms with Gasteiger partial charge in [-0.2, -0.15) is 0 Å². The molecule has 2 nitrogen and oxygen atoms in total. The summed E-state index contributed by atoms with van der Waals surface area (Å²) in [6.07, 6.45) is 8.26. The molecule has 3 aliphatic carbocycles. The summed E-state index contributed by atoms with van der Waals surface area (Å²) in [4.78, 5) is 2.82. The Kier molecular flexibility index (Phi) is 6.33. The van der Waals surface area contributed by atoms with Crippen LogP contribution in [-0.4, -0.2) is 24.6 Å². The Hall–Kier alpha value is -1.02. The maximum Gasteiger partial charge on any atom is 0.118 e. The molecule has 0 saturated heterocycles. The molecule has 1 aromatic rings. The first-order valence-electron chi connectivity index (χ1n) is 10.8. The molecule has 2 heteroatoms. The number of methoxy groups -OCH3 is 1. The SMILES string of the molecule is CCCCCCN(Cc1ccc(OC)cc1)[C@@H]1C[C@@H]2C[C@H]([C@H]1C)C2(C)C. The van der Waals surface area contributed by atoms with Gasteiger partial charge >= 0.3 is 0 Å². The van der Waals surface area contributed by atoms with E-state index in [0.717, 1.165) is 36.1 Å². The molecule has 3 fully saturated rings. The number of rotatable bonds is 9. The maximum atomic E-state index is 5.33. The summed E-state index contributed by atoms with van der Waals surface area (Å²) in [5.74, 6) is 3.62. The highest BCUT2D eigenvalue weighted by molar-refractivity contribution is 5.27. The Labute approximate surface area is 161 Å². The number of benzene rings is 1. The van der Waals surface area contributed by atoms with Gasteiger partial charge in [0.05, 0.1) is 7.11 Å². The van der Waals surface area contributed by atoms with E-state index in [2.05, 4.69) is 56.9 Å². The second kappa shape index (κ2) is 8.33. The van der Waals surface area contributed by atoms with Crippen LogP contribution in [0, 0.1) is 23.2 Å². The van der Waals surface area contributed by atoms with E-state index in [4.69, 9.17) is 4.74 Å². The largest absolute Gasteiger partial charge is 0.497 e. The van der Waals surface area contributed by atoms with Crippen molar-refractivity contribution >= 4 is 0 Å². The molecule has 146 valence electrons. The normalized spacial score (nSPS) is 29.5. The Morgan fingerprint density at radius 1 is 1.08 bits per heavy atom. The van der Waals surface area contributed by atoms with Gasteiger partial charge in [0.25, 0.3) is 0 Å². The molecular formula is C24H39NO. The van der Waals surface area contributed by atoms with Gasteiger partial charge in [-0.15, -0.1) is 0 Å². The lowest BCUT2D eigenvalue weighted by Crippen LogP contribution is -2.60. The zero-order chi connectivity index (χ0) is 18.7. The Morgan fingerprint density at radius 3 is 2.38 bits per heavy atom. The van der Waals surface area contributed by atoms with E-state index in [9.17, 15) is 0 Å². The highest BCUT2D eigenvalue weighted by Crippen LogP contribution is 2.62. The van der Waals surface area contributed by atoms with Crippen molar-refractivity contribution < 1.29 is 4.74 Å². The topological polar surface area (TPSA) is 12.5 Å². The first-order chi connectivity index (χ1) is 12.5. The fourth-order valence-electron chi connectivity index (χ4n) is 5.67. The van der Waals surface area contributed by atoms with Crippen molar-refractivity contribution in [3.63, 3.8) is 0 Å². The second-order valence-electron chi connectivity index (χ2n) is 9.40. The minimum absolute atomic E-state index is 0.573. The first-order valence-corrected chi connectivity index (χ1v) is 10.8. The number of hydrogen-bond acceptors (Lipinski definition) is 2. The average molecular weight is 358 g/mol. The number of fused-ring (bicyclic) bond motifs is 2. The highest BCUT2D eigenvalue weighted by atomic mass is 16.5. The molecule has 26 heavy (non-hydrogen) atoms. The predicted molar refractivity (Wildman–Crippen MR) is 110 cm³/mol. The molecule has 0 aromatic heterocycles. The standard InChI is InChI=1S/C24H39NO/c1-6-7-8-9-14-25(17-19-10-12-21(26-5)13-11-19)23-16-20-15-22(18(23)2)24(20,3)4/h10-13,18,20,22-23H,6-9,14-17H2,1-5H3/t18-,20+,22-,23-/m1/s1. The molecule has 0 unspecified atom stereocenters. The van der Waals surface area contributed by atoms with Gasteiger partial charge in [-0.1, -0.05) is 59.1 Å². The zero-order valence-electron chi connectivity index (χ0n) is 17.6. The van der Waals surface area contributed by atoms with Gasteiger partial charge in [0.15, 0.2) is 0 Å². The third kappa shape index (κ3) is 3.96. The summed E-state index contributed by atoms with van der Waals surface area (Å²) in [7, 11) is 1.74. The van der Waals surface area contributed by atoms with Crippen LogP contribution in [0.3, 0.4) is 0 Å². The van der Waals surface area contributed by atoms with Crippen molar-refractivity contribution in [3.8, 4) is 5.75 Å². The van der Waals surface area contributed by atoms with Crippen molar-refractivity contribution in [3.05, 3.63) is 29.8 Å². The van der Waals surface area contributed by atoms with E-state index in [1.54, 1.807) is 7.11 Å². The van der Waals surface area contributed by atoms with Crippen molar-refractivity contribution in [1.29, 1.82) is 0 Å². The van der Waals surface area contributed by atoms with Gasteiger partial charge in [0.1, 0.15) is 5.75 Å². The van der Waals surface area contributed by atoms with Crippen LogP contribution in [0.1, 0.15) is 71.8 Å². The molecule has 4 rings (SSSR count). The summed E-state index contributed by atoms with van der Waals surface area (Å²) in [6.45, 7) is 12.2. The lowest BCUT2D eigenvalue weighted by molar-refractivity contribution is -0.140. The van der Waals surface area contributed by atoms with E-state index in [1.807, 2.05) is 0 Å². The molecule has 1 aromatic carbocycles. The van der Waals surface area contributed by atoms with Gasteiger partial charge < -0.3 is 4.74 Å². The van der Waals surface area contributed by atoms with Crippen molar-refractivity contribution in [2.24, 2.45) is 23.2 Å². The number of nitrogens with zero attached hydrogens (tertiary/aromatic N) is 1. The second-order valence-corrected chi connectivity index (χ2v) is 9.40. The number of ether oxygens (including phenoxy) is 1. The average Bonchev–Trinajstić information content (AvgIpc) is 2.64. The maximum absolute atomic E-state index is 5.33. The summed E-state index contributed by atoms with van der Waals surface area (Å²) in [6, 6.07) is 9.47. The van der Waals surface area contributed by atoms with E-state index in [0.29, 0.717) is 5.41 Å². The van der Waals surface area contributed by atoms with E-state index in [-0.39, 0.29) is 0 Å². The lowest BCUT2D eigenvalue weighted by atomic mass is 9.44. The van der Waals surface area contributed by atoms with Crippen LogP contribution in [0.15, 0.2) is 24.3 Å². The predicted octanol–water partition coefficient (Wildman–Crippen LogP) is 6.15. The van der Waals surface area contributed by atoms with Crippen LogP contribution >= 0.6 is 0 Å². The van der Waals surface area contributed by atoms with Crippen LogP contribution in [-0.2, 0) is 6.54 Å². The molecule has 4 atom stereocenters. The summed E-state index contributed by atoms with van der Waals surface area (Å²) in [5, 5.41) is 0. The van der Waals surface area contributed by atoms with Crippen LogP contribution in [0.2, 0.25) is 0 Å². The summed E-state index contributed by atoms with van der Waals surface area (Å²) in [5.41, 5.74) is 2.00. The molecule has 0 heterocycles. The van der Waals surface area contributed by atoms with Crippen LogP contribution in [0.5, 0.6) is 5.75 Å². The number of unbranched alkanes of at least 4 members (excludes halogenated alkanes) is 3. The molecule has 0 amide bonds. The Morgan fingerprint density at radius 2 is 1.81 bits per heavy atom.